The maximum absolute atomic E-state index is 11.5. The molecule has 0 aromatic carbocycles. The summed E-state index contributed by atoms with van der Waals surface area (Å²) in [5.74, 6) is 0. The van der Waals surface area contributed by atoms with Crippen LogP contribution in [0.25, 0.3) is 11.2 Å². The summed E-state index contributed by atoms with van der Waals surface area (Å²) >= 11 is 0.326. The Morgan fingerprint density at radius 2 is 1.93 bits per heavy atom. The van der Waals surface area contributed by atoms with Gasteiger partial charge in [0.15, 0.2) is 0 Å². The molecule has 69 valence electrons. The van der Waals surface area contributed by atoms with Crippen LogP contribution in [-0.4, -0.2) is 19.1 Å². The molecule has 14 heavy (non-hydrogen) atoms. The van der Waals surface area contributed by atoms with E-state index < -0.39 is 5.69 Å². The van der Waals surface area contributed by atoms with E-state index in [4.69, 9.17) is 0 Å². The Balaban J connectivity index is 3.18. The second-order valence-electron chi connectivity index (χ2n) is 3.08. The molecule has 2 rings (SSSR count). The Morgan fingerprint density at radius 1 is 1.29 bits per heavy atom. The van der Waals surface area contributed by atoms with Gasteiger partial charge >= 0.3 is 94.7 Å². The molecule has 0 fully saturated rings. The van der Waals surface area contributed by atoms with E-state index in [-0.39, 0.29) is 5.56 Å². The number of nitrogens with one attached hydrogen (secondary N) is 1. The topological polar surface area (TPSA) is 72.7 Å². The molecule has 2 aromatic rings. The third-order valence-corrected chi connectivity index (χ3v) is 4.69. The number of nitrogens with zero attached hydrogens (tertiary/aromatic N) is 3. The van der Waals surface area contributed by atoms with Gasteiger partial charge in [0.2, 0.25) is 0 Å². The summed E-state index contributed by atoms with van der Waals surface area (Å²) in [6.07, 6.45) is 0. The molecule has 0 radical (unpaired) electrons. The van der Waals surface area contributed by atoms with E-state index in [1.54, 1.807) is 18.7 Å². The molecule has 2 aromatic heterocycles. The fourth-order valence-electron chi connectivity index (χ4n) is 1.35. The van der Waals surface area contributed by atoms with Crippen molar-refractivity contribution >= 4 is 14.5 Å². The summed E-state index contributed by atoms with van der Waals surface area (Å²) in [6.45, 7) is 0. The van der Waals surface area contributed by atoms with E-state index in [1.807, 2.05) is 0 Å². The summed E-state index contributed by atoms with van der Waals surface area (Å²) in [5.41, 5.74) is 0.145. The van der Waals surface area contributed by atoms with Crippen molar-refractivity contribution in [1.29, 1.82) is 0 Å². The Labute approximate surface area is 94.5 Å². The van der Waals surface area contributed by atoms with Crippen molar-refractivity contribution in [3.8, 4) is 0 Å². The van der Waals surface area contributed by atoms with E-state index in [2.05, 4.69) is 9.97 Å². The maximum atomic E-state index is 11.5. The van der Waals surface area contributed by atoms with Gasteiger partial charge in [-0.15, -0.1) is 0 Å². The third kappa shape index (κ3) is 1.17. The predicted molar refractivity (Wildman–Crippen MR) is 46.2 cm³/mol. The van der Waals surface area contributed by atoms with E-state index in [0.29, 0.717) is 37.3 Å². The molecule has 2 heterocycles. The summed E-state index contributed by atoms with van der Waals surface area (Å²) in [5, 5.41) is 0. The summed E-state index contributed by atoms with van der Waals surface area (Å²) < 4.78 is 4.00. The average Bonchev–Trinajstić information content (AvgIpc) is 2.40. The van der Waals surface area contributed by atoms with Crippen LogP contribution in [0.5, 0.6) is 0 Å². The second kappa shape index (κ2) is 3.04. The van der Waals surface area contributed by atoms with E-state index in [1.165, 1.54) is 4.57 Å². The van der Waals surface area contributed by atoms with Gasteiger partial charge in [0, 0.05) is 0 Å². The molecule has 7 heteroatoms. The first-order chi connectivity index (χ1) is 6.52. The summed E-state index contributed by atoms with van der Waals surface area (Å²) in [7, 11) is 3.39. The van der Waals surface area contributed by atoms with Gasteiger partial charge in [0.25, 0.3) is 0 Å². The monoisotopic (exact) mass is 381 g/mol. The molecule has 0 unspecified atom stereocenters. The molecule has 0 bridgehead atoms. The second-order valence-corrected chi connectivity index (χ2v) is 5.54. The first-order valence-corrected chi connectivity index (χ1v) is 6.75. The normalized spacial score (nSPS) is 11.1. The van der Waals surface area contributed by atoms with Crippen LogP contribution in [-0.2, 0) is 40.2 Å². The van der Waals surface area contributed by atoms with Crippen molar-refractivity contribution in [1.82, 2.24) is 19.1 Å². The molecule has 0 aliphatic heterocycles. The Bertz CT molecular complexity index is 621. The van der Waals surface area contributed by atoms with Crippen molar-refractivity contribution in [3.05, 3.63) is 20.8 Å². The molecule has 0 amide bonds. The summed E-state index contributed by atoms with van der Waals surface area (Å²) in [6, 6.07) is 0. The van der Waals surface area contributed by atoms with Crippen LogP contribution in [0.15, 0.2) is 9.59 Å². The van der Waals surface area contributed by atoms with Crippen LogP contribution in [0.3, 0.4) is 0 Å². The number of aryl methyl sites for hydroxylation is 2. The molecule has 0 saturated carbocycles. The number of imidazole rings is 1. The van der Waals surface area contributed by atoms with Crippen LogP contribution in [0.4, 0.5) is 0 Å². The van der Waals surface area contributed by atoms with Gasteiger partial charge in [0.1, 0.15) is 0 Å². The van der Waals surface area contributed by atoms with Crippen molar-refractivity contribution < 1.29 is 26.1 Å². The zero-order valence-electron chi connectivity index (χ0n) is 7.87. The van der Waals surface area contributed by atoms with E-state index in [9.17, 15) is 9.59 Å². The number of hydrogen-bond acceptors (Lipinski definition) is 3. The van der Waals surface area contributed by atoms with Gasteiger partial charge in [-0.1, -0.05) is 0 Å². The first-order valence-electron chi connectivity index (χ1n) is 4.00. The van der Waals surface area contributed by atoms with Gasteiger partial charge in [-0.05, 0) is 0 Å². The fourth-order valence-corrected chi connectivity index (χ4v) is 2.55. The number of hydrogen-bond donors (Lipinski definition) is 1. The Kier molecular flexibility index (Phi) is 2.09. The molecule has 6 nitrogen and oxygen atoms in total. The van der Waals surface area contributed by atoms with Gasteiger partial charge in [-0.2, -0.15) is 0 Å². The Morgan fingerprint density at radius 3 is 2.57 bits per heavy atom. The van der Waals surface area contributed by atoms with Crippen LogP contribution >= 0.6 is 0 Å². The van der Waals surface area contributed by atoms with Gasteiger partial charge in [0.05, 0.1) is 0 Å². The first kappa shape index (κ1) is 9.63. The zero-order chi connectivity index (χ0) is 10.5. The van der Waals surface area contributed by atoms with Crippen molar-refractivity contribution in [3.63, 3.8) is 0 Å². The van der Waals surface area contributed by atoms with Crippen molar-refractivity contribution in [2.45, 2.75) is 0 Å². The van der Waals surface area contributed by atoms with Gasteiger partial charge in [-0.3, -0.25) is 0 Å². The molecule has 0 saturated heterocycles. The van der Waals surface area contributed by atoms with E-state index in [0.717, 1.165) is 3.33 Å². The number of fused-ring (bicyclic) bond motifs is 1. The molecule has 0 spiro atoms. The fraction of sp³-hybridized carbons (Fsp3) is 0.286. The van der Waals surface area contributed by atoms with Crippen LogP contribution in [0.2, 0.25) is 0 Å². The Hall–Kier alpha value is -0.915. The molecule has 0 aliphatic rings. The van der Waals surface area contributed by atoms with Crippen molar-refractivity contribution in [2.75, 3.05) is 0 Å². The molecular weight excluding hydrogens is 373 g/mol. The third-order valence-electron chi connectivity index (χ3n) is 2.23. The SMILES string of the molecule is Cn1[c]([Hg])nc2c1c(=O)[nH]c(=O)n2C. The number of rotatable bonds is 0. The molecular formula is C7H7HgN4O2. The van der Waals surface area contributed by atoms with E-state index >= 15 is 0 Å². The number of aromatic amines is 1. The minimum absolute atomic E-state index is 0.326. The number of H-pyrrole nitrogens is 1. The molecule has 0 atom stereocenters. The summed E-state index contributed by atoms with van der Waals surface area (Å²) in [4.78, 5) is 29.2. The van der Waals surface area contributed by atoms with Gasteiger partial charge < -0.3 is 0 Å². The quantitative estimate of drug-likeness (QED) is 0.545. The molecule has 1 N–H and O–H groups in total. The molecule has 0 aliphatic carbocycles. The van der Waals surface area contributed by atoms with Crippen LogP contribution < -0.4 is 14.6 Å². The number of aromatic nitrogens is 4. The van der Waals surface area contributed by atoms with Crippen LogP contribution in [0, 0.1) is 0 Å². The van der Waals surface area contributed by atoms with Gasteiger partial charge in [-0.25, -0.2) is 0 Å². The average molecular weight is 380 g/mol. The van der Waals surface area contributed by atoms with Crippen LogP contribution in [0.1, 0.15) is 0 Å². The predicted octanol–water partition coefficient (Wildman–Crippen LogP) is -1.87. The minimum atomic E-state index is -0.422. The van der Waals surface area contributed by atoms with Crippen molar-refractivity contribution in [2.24, 2.45) is 14.1 Å². The standard InChI is InChI=1S/C7H7N4O2.Hg/c1-10-3-8-5-4(10)6(12)9-7(13)11(5)2;/h1-2H3,(H,9,12,13);. The zero-order valence-corrected chi connectivity index (χ0v) is 13.4.